The van der Waals surface area contributed by atoms with Crippen LogP contribution in [0.25, 0.3) is 33.2 Å². The number of carbonyl (C=O) groups is 4. The molecular formula is C36H33N5O8. The van der Waals surface area contributed by atoms with Gasteiger partial charge in [0.15, 0.2) is 0 Å². The number of aromatic amines is 1. The second-order valence-electron chi connectivity index (χ2n) is 12.3. The van der Waals surface area contributed by atoms with E-state index < -0.39 is 53.5 Å². The number of carboxylic acid groups (broad SMARTS) is 1. The van der Waals surface area contributed by atoms with Gasteiger partial charge in [-0.25, -0.2) is 14.6 Å². The minimum Gasteiger partial charge on any atom is -0.481 e. The van der Waals surface area contributed by atoms with Crippen LogP contribution < -0.4 is 16.6 Å². The third-order valence-corrected chi connectivity index (χ3v) is 9.36. The molecule has 13 nitrogen and oxygen atoms in total. The van der Waals surface area contributed by atoms with Crippen molar-refractivity contribution >= 4 is 45.6 Å². The maximum Gasteiger partial charge on any atom is 0.355 e. The average molecular weight is 664 g/mol. The highest BCUT2D eigenvalue weighted by molar-refractivity contribution is 5.92. The lowest BCUT2D eigenvalue weighted by molar-refractivity contribution is -0.191. The van der Waals surface area contributed by atoms with E-state index in [4.69, 9.17) is 20.2 Å². The first kappa shape index (κ1) is 31.8. The molecule has 13 heteroatoms. The highest BCUT2D eigenvalue weighted by Crippen LogP contribution is 2.41. The smallest absolute Gasteiger partial charge is 0.355 e. The van der Waals surface area contributed by atoms with Crippen molar-refractivity contribution in [2.75, 3.05) is 0 Å². The normalized spacial score (nSPS) is 17.5. The van der Waals surface area contributed by atoms with E-state index in [1.807, 2.05) is 54.6 Å². The lowest BCUT2D eigenvalue weighted by Gasteiger charge is -2.36. The van der Waals surface area contributed by atoms with Crippen LogP contribution >= 0.6 is 0 Å². The molecule has 0 bridgehead atoms. The average Bonchev–Trinajstić information content (AvgIpc) is 3.67. The van der Waals surface area contributed by atoms with Crippen LogP contribution in [0.2, 0.25) is 0 Å². The van der Waals surface area contributed by atoms with Gasteiger partial charge in [-0.1, -0.05) is 43.3 Å². The van der Waals surface area contributed by atoms with Crippen LogP contribution in [0.3, 0.4) is 0 Å². The molecule has 0 aliphatic carbocycles. The van der Waals surface area contributed by atoms with Gasteiger partial charge in [0, 0.05) is 40.0 Å². The second-order valence-corrected chi connectivity index (χ2v) is 12.3. The van der Waals surface area contributed by atoms with Crippen molar-refractivity contribution in [3.05, 3.63) is 99.5 Å². The maximum atomic E-state index is 13.9. The van der Waals surface area contributed by atoms with Crippen molar-refractivity contribution in [1.82, 2.24) is 19.9 Å². The molecule has 2 aromatic carbocycles. The predicted molar refractivity (Wildman–Crippen MR) is 177 cm³/mol. The Morgan fingerprint density at radius 2 is 1.92 bits per heavy atom. The Morgan fingerprint density at radius 1 is 1.14 bits per heavy atom. The fourth-order valence-electron chi connectivity index (χ4n) is 6.75. The summed E-state index contributed by atoms with van der Waals surface area (Å²) in [6.45, 7) is 1.56. The molecule has 0 spiro atoms. The van der Waals surface area contributed by atoms with Gasteiger partial charge in [-0.15, -0.1) is 0 Å². The molecular weight excluding hydrogens is 630 g/mol. The fourth-order valence-corrected chi connectivity index (χ4v) is 6.75. The summed E-state index contributed by atoms with van der Waals surface area (Å²) < 4.78 is 12.9. The third-order valence-electron chi connectivity index (χ3n) is 9.36. The lowest BCUT2D eigenvalue weighted by Crippen LogP contribution is -2.53. The molecule has 5 heterocycles. The molecule has 2 aliphatic heterocycles. The number of esters is 2. The lowest BCUT2D eigenvalue weighted by atomic mass is 9.85. The zero-order valence-corrected chi connectivity index (χ0v) is 26.5. The van der Waals surface area contributed by atoms with Crippen LogP contribution in [0, 0.1) is 0 Å². The van der Waals surface area contributed by atoms with Crippen LogP contribution in [0.4, 0.5) is 0 Å². The number of fused-ring (bicyclic) bond motifs is 6. The standard InChI is InChI=1S/C36H33N5O8/c1-2-36(49-34(46)28(11-12-30(42)43)40-32(44)25(37)14-20-16-38-27-10-6-4-8-22(20)27)24-15-29-31-21(13-19-7-3-5-9-26(19)39-31)17-41(29)33(45)23(24)18-48-35(36)47/h3-10,13,15-16,25,28,38H,2,11-12,14,17-18,37H2,1H3,(H,40,44)(H,42,43)/t25-,28-,36-/m0/s1. The van der Waals surface area contributed by atoms with E-state index in [9.17, 15) is 29.1 Å². The summed E-state index contributed by atoms with van der Waals surface area (Å²) in [6.07, 6.45) is 0.961. The van der Waals surface area contributed by atoms with Crippen LogP contribution in [0.1, 0.15) is 48.4 Å². The first-order chi connectivity index (χ1) is 23.6. The molecule has 49 heavy (non-hydrogen) atoms. The Morgan fingerprint density at radius 3 is 2.71 bits per heavy atom. The Bertz CT molecular complexity index is 2240. The number of benzene rings is 2. The van der Waals surface area contributed by atoms with Gasteiger partial charge in [-0.3, -0.25) is 14.4 Å². The summed E-state index contributed by atoms with van der Waals surface area (Å²) >= 11 is 0. The van der Waals surface area contributed by atoms with Gasteiger partial charge in [0.25, 0.3) is 5.56 Å². The van der Waals surface area contributed by atoms with Crippen molar-refractivity contribution in [3.63, 3.8) is 0 Å². The number of amides is 1. The molecule has 1 amide bonds. The molecule has 0 fully saturated rings. The van der Waals surface area contributed by atoms with E-state index in [1.165, 1.54) is 0 Å². The number of pyridine rings is 2. The molecule has 0 saturated heterocycles. The number of H-pyrrole nitrogens is 1. The predicted octanol–water partition coefficient (Wildman–Crippen LogP) is 3.03. The number of hydrogen-bond donors (Lipinski definition) is 4. The number of nitrogens with two attached hydrogens (primary N) is 1. The van der Waals surface area contributed by atoms with Gasteiger partial charge in [0.1, 0.15) is 12.6 Å². The number of carboxylic acids is 1. The molecule has 3 atom stereocenters. The highest BCUT2D eigenvalue weighted by atomic mass is 16.6. The molecule has 0 saturated carbocycles. The number of rotatable bonds is 10. The first-order valence-corrected chi connectivity index (χ1v) is 16.0. The van der Waals surface area contributed by atoms with Crippen LogP contribution in [0.15, 0.2) is 71.7 Å². The monoisotopic (exact) mass is 663 g/mol. The minimum atomic E-state index is -2.04. The van der Waals surface area contributed by atoms with Gasteiger partial charge in [-0.2, -0.15) is 0 Å². The summed E-state index contributed by atoms with van der Waals surface area (Å²) in [7, 11) is 0. The number of nitrogens with one attached hydrogen (secondary N) is 2. The number of aromatic nitrogens is 3. The number of para-hydroxylation sites is 2. The number of ether oxygens (including phenoxy) is 2. The van der Waals surface area contributed by atoms with Crippen molar-refractivity contribution in [1.29, 1.82) is 0 Å². The largest absolute Gasteiger partial charge is 0.481 e. The summed E-state index contributed by atoms with van der Waals surface area (Å²) in [5, 5.41) is 13.8. The fraction of sp³-hybridized carbons (Fsp3) is 0.278. The number of cyclic esters (lactones) is 1. The summed E-state index contributed by atoms with van der Waals surface area (Å²) in [6, 6.07) is 16.1. The van der Waals surface area contributed by atoms with E-state index in [2.05, 4.69) is 10.3 Å². The molecule has 5 N–H and O–H groups in total. The van der Waals surface area contributed by atoms with Crippen LogP contribution in [-0.4, -0.2) is 55.5 Å². The molecule has 2 aliphatic rings. The van der Waals surface area contributed by atoms with E-state index in [1.54, 1.807) is 23.8 Å². The Kier molecular flexibility index (Phi) is 7.99. The van der Waals surface area contributed by atoms with E-state index in [0.717, 1.165) is 32.9 Å². The molecule has 0 radical (unpaired) electrons. The highest BCUT2D eigenvalue weighted by Gasteiger charge is 2.51. The van der Waals surface area contributed by atoms with E-state index >= 15 is 0 Å². The maximum absolute atomic E-state index is 13.9. The third kappa shape index (κ3) is 5.51. The topological polar surface area (TPSA) is 196 Å². The Labute approximate surface area is 279 Å². The number of aliphatic carboxylic acids is 1. The zero-order valence-electron chi connectivity index (χ0n) is 26.5. The van der Waals surface area contributed by atoms with Crippen molar-refractivity contribution in [2.24, 2.45) is 5.73 Å². The van der Waals surface area contributed by atoms with E-state index in [-0.39, 0.29) is 43.5 Å². The Hall–Kier alpha value is -5.82. The SMILES string of the molecule is CC[C@@]1(OC(=O)[C@H](CCC(=O)O)NC(=O)[C@@H](N)Cc2c[nH]c3ccccc23)C(=O)OCc2c1cc1n(c2=O)Cc2cc3ccccc3nc2-1. The summed E-state index contributed by atoms with van der Waals surface area (Å²) in [5.41, 5.74) is 8.38. The second kappa shape index (κ2) is 12.3. The number of nitrogens with zero attached hydrogens (tertiary/aromatic N) is 2. The van der Waals surface area contributed by atoms with Crippen molar-refractivity contribution in [3.8, 4) is 11.4 Å². The Balaban J connectivity index is 1.20. The van der Waals surface area contributed by atoms with Gasteiger partial charge >= 0.3 is 17.9 Å². The summed E-state index contributed by atoms with van der Waals surface area (Å²) in [4.78, 5) is 74.1. The van der Waals surface area contributed by atoms with Crippen LogP contribution in [-0.2, 0) is 53.8 Å². The van der Waals surface area contributed by atoms with Gasteiger partial charge in [-0.05, 0) is 49.1 Å². The summed E-state index contributed by atoms with van der Waals surface area (Å²) in [5.74, 6) is -3.86. The minimum absolute atomic E-state index is 0.106. The molecule has 250 valence electrons. The van der Waals surface area contributed by atoms with E-state index in [0.29, 0.717) is 11.4 Å². The molecule has 5 aromatic rings. The van der Waals surface area contributed by atoms with Gasteiger partial charge in [0.05, 0.1) is 35.1 Å². The van der Waals surface area contributed by atoms with Gasteiger partial charge < -0.3 is 35.2 Å². The quantitative estimate of drug-likeness (QED) is 0.158. The number of carbonyl (C=O) groups excluding carboxylic acids is 3. The molecule has 3 aromatic heterocycles. The van der Waals surface area contributed by atoms with Crippen molar-refractivity contribution in [2.45, 2.75) is 63.4 Å². The number of hydrogen-bond acceptors (Lipinski definition) is 9. The molecule has 7 rings (SSSR count). The molecule has 0 unspecified atom stereocenters. The first-order valence-electron chi connectivity index (χ1n) is 16.0. The van der Waals surface area contributed by atoms with Crippen molar-refractivity contribution < 1.29 is 33.8 Å². The van der Waals surface area contributed by atoms with Crippen LogP contribution in [0.5, 0.6) is 0 Å². The zero-order chi connectivity index (χ0) is 34.4. The van der Waals surface area contributed by atoms with Gasteiger partial charge in [0.2, 0.25) is 11.5 Å².